The van der Waals surface area contributed by atoms with E-state index in [1.165, 1.54) is 32.1 Å². The predicted octanol–water partition coefficient (Wildman–Crippen LogP) is 2.62. The van der Waals surface area contributed by atoms with Crippen molar-refractivity contribution in [2.24, 2.45) is 29.4 Å². The monoisotopic (exact) mass is 294 g/mol. The Morgan fingerprint density at radius 2 is 2.00 bits per heavy atom. The third-order valence-corrected chi connectivity index (χ3v) is 6.71. The summed E-state index contributed by atoms with van der Waals surface area (Å²) in [7, 11) is 0. The van der Waals surface area contributed by atoms with E-state index in [1.54, 1.807) is 0 Å². The summed E-state index contributed by atoms with van der Waals surface area (Å²) < 4.78 is 0. The SMILES string of the molecule is CC1CC(C)C(CN2CCC3(O)CCCCC3C2)C(N)C1. The van der Waals surface area contributed by atoms with Crippen molar-refractivity contribution in [3.63, 3.8) is 0 Å². The fourth-order valence-corrected chi connectivity index (χ4v) is 5.39. The molecule has 6 atom stereocenters. The van der Waals surface area contributed by atoms with E-state index in [4.69, 9.17) is 5.73 Å². The smallest absolute Gasteiger partial charge is 0.0700 e. The average molecular weight is 294 g/mol. The number of rotatable bonds is 2. The Labute approximate surface area is 130 Å². The fraction of sp³-hybridized carbons (Fsp3) is 1.00. The van der Waals surface area contributed by atoms with Crippen molar-refractivity contribution in [1.82, 2.24) is 4.90 Å². The van der Waals surface area contributed by atoms with Crippen LogP contribution in [0.3, 0.4) is 0 Å². The maximum absolute atomic E-state index is 10.8. The molecule has 3 aliphatic rings. The van der Waals surface area contributed by atoms with Gasteiger partial charge in [0, 0.05) is 31.6 Å². The molecular formula is C18H34N2O. The molecule has 122 valence electrons. The maximum atomic E-state index is 10.8. The molecule has 0 spiro atoms. The summed E-state index contributed by atoms with van der Waals surface area (Å²) in [5.41, 5.74) is 6.12. The summed E-state index contributed by atoms with van der Waals surface area (Å²) in [4.78, 5) is 2.61. The first kappa shape index (κ1) is 15.8. The molecule has 21 heavy (non-hydrogen) atoms. The lowest BCUT2D eigenvalue weighted by atomic mass is 9.70. The number of hydrogen-bond acceptors (Lipinski definition) is 3. The van der Waals surface area contributed by atoms with Crippen LogP contribution < -0.4 is 5.73 Å². The van der Waals surface area contributed by atoms with Gasteiger partial charge in [-0.15, -0.1) is 0 Å². The zero-order valence-corrected chi connectivity index (χ0v) is 13.9. The first-order valence-electron chi connectivity index (χ1n) is 9.18. The van der Waals surface area contributed by atoms with Gasteiger partial charge < -0.3 is 15.7 Å². The second-order valence-corrected chi connectivity index (χ2v) is 8.44. The van der Waals surface area contributed by atoms with Gasteiger partial charge in [-0.05, 0) is 49.9 Å². The highest BCUT2D eigenvalue weighted by Gasteiger charge is 2.43. The van der Waals surface area contributed by atoms with Gasteiger partial charge in [0.1, 0.15) is 0 Å². The maximum Gasteiger partial charge on any atom is 0.0700 e. The molecule has 0 bridgehead atoms. The fourth-order valence-electron chi connectivity index (χ4n) is 5.39. The van der Waals surface area contributed by atoms with Crippen LogP contribution in [0.1, 0.15) is 58.8 Å². The van der Waals surface area contributed by atoms with Crippen molar-refractivity contribution in [3.8, 4) is 0 Å². The van der Waals surface area contributed by atoms with Gasteiger partial charge in [-0.1, -0.05) is 26.7 Å². The van der Waals surface area contributed by atoms with Crippen LogP contribution in [-0.2, 0) is 0 Å². The summed E-state index contributed by atoms with van der Waals surface area (Å²) in [6.07, 6.45) is 8.27. The van der Waals surface area contributed by atoms with Crippen LogP contribution in [0.15, 0.2) is 0 Å². The molecule has 0 aromatic rings. The van der Waals surface area contributed by atoms with Gasteiger partial charge in [0.2, 0.25) is 0 Å². The van der Waals surface area contributed by atoms with Crippen molar-refractivity contribution in [1.29, 1.82) is 0 Å². The first-order valence-corrected chi connectivity index (χ1v) is 9.18. The average Bonchev–Trinajstić information content (AvgIpc) is 2.42. The summed E-state index contributed by atoms with van der Waals surface area (Å²) >= 11 is 0. The summed E-state index contributed by atoms with van der Waals surface area (Å²) in [6, 6.07) is 0.371. The molecular weight excluding hydrogens is 260 g/mol. The number of fused-ring (bicyclic) bond motifs is 1. The first-order chi connectivity index (χ1) is 9.98. The van der Waals surface area contributed by atoms with Crippen molar-refractivity contribution < 1.29 is 5.11 Å². The molecule has 3 nitrogen and oxygen atoms in total. The second kappa shape index (κ2) is 6.17. The van der Waals surface area contributed by atoms with Crippen LogP contribution in [0.5, 0.6) is 0 Å². The van der Waals surface area contributed by atoms with Crippen LogP contribution >= 0.6 is 0 Å². The van der Waals surface area contributed by atoms with Gasteiger partial charge >= 0.3 is 0 Å². The third kappa shape index (κ3) is 3.30. The van der Waals surface area contributed by atoms with Gasteiger partial charge in [0.15, 0.2) is 0 Å². The van der Waals surface area contributed by atoms with Gasteiger partial charge in [0.05, 0.1) is 5.60 Å². The molecule has 3 rings (SSSR count). The quantitative estimate of drug-likeness (QED) is 0.823. The lowest BCUT2D eigenvalue weighted by Crippen LogP contribution is -2.56. The van der Waals surface area contributed by atoms with Crippen molar-refractivity contribution >= 4 is 0 Å². The molecule has 1 aliphatic heterocycles. The highest BCUT2D eigenvalue weighted by Crippen LogP contribution is 2.41. The van der Waals surface area contributed by atoms with Gasteiger partial charge in [-0.2, -0.15) is 0 Å². The molecule has 3 N–H and O–H groups in total. The standard InChI is InChI=1S/C18H34N2O/c1-13-9-14(2)16(17(19)10-13)12-20-8-7-18(21)6-4-3-5-15(18)11-20/h13-17,21H,3-12,19H2,1-2H3. The van der Waals surface area contributed by atoms with E-state index >= 15 is 0 Å². The Balaban J connectivity index is 1.58. The largest absolute Gasteiger partial charge is 0.390 e. The molecule has 0 aromatic heterocycles. The Hall–Kier alpha value is -0.120. The van der Waals surface area contributed by atoms with E-state index in [0.29, 0.717) is 17.9 Å². The number of nitrogens with zero attached hydrogens (tertiary/aromatic N) is 1. The lowest BCUT2D eigenvalue weighted by Gasteiger charge is -2.49. The van der Waals surface area contributed by atoms with E-state index < -0.39 is 0 Å². The van der Waals surface area contributed by atoms with E-state index in [9.17, 15) is 5.11 Å². The van der Waals surface area contributed by atoms with Crippen LogP contribution in [0, 0.1) is 23.7 Å². The third-order valence-electron chi connectivity index (χ3n) is 6.71. The number of aliphatic hydroxyl groups is 1. The van der Waals surface area contributed by atoms with Crippen molar-refractivity contribution in [2.45, 2.75) is 70.4 Å². The van der Waals surface area contributed by atoms with Crippen molar-refractivity contribution in [2.75, 3.05) is 19.6 Å². The number of hydrogen-bond donors (Lipinski definition) is 2. The normalized spacial score (nSPS) is 48.9. The van der Waals surface area contributed by atoms with Gasteiger partial charge in [0.25, 0.3) is 0 Å². The molecule has 6 unspecified atom stereocenters. The molecule has 0 amide bonds. The Bertz CT molecular complexity index is 349. The van der Waals surface area contributed by atoms with E-state index in [2.05, 4.69) is 18.7 Å². The number of nitrogens with two attached hydrogens (primary N) is 1. The predicted molar refractivity (Wildman–Crippen MR) is 87.0 cm³/mol. The van der Waals surface area contributed by atoms with Crippen LogP contribution in [0.25, 0.3) is 0 Å². The molecule has 0 radical (unpaired) electrons. The molecule has 2 aliphatic carbocycles. The van der Waals surface area contributed by atoms with Gasteiger partial charge in [-0.25, -0.2) is 0 Å². The minimum atomic E-state index is -0.344. The van der Waals surface area contributed by atoms with Crippen LogP contribution in [0.2, 0.25) is 0 Å². The zero-order chi connectivity index (χ0) is 15.0. The van der Waals surface area contributed by atoms with Crippen LogP contribution in [0.4, 0.5) is 0 Å². The summed E-state index contributed by atoms with van der Waals surface area (Å²) in [5, 5.41) is 10.8. The Morgan fingerprint density at radius 3 is 2.76 bits per heavy atom. The van der Waals surface area contributed by atoms with E-state index in [-0.39, 0.29) is 5.60 Å². The Morgan fingerprint density at radius 1 is 1.19 bits per heavy atom. The summed E-state index contributed by atoms with van der Waals surface area (Å²) in [5.74, 6) is 2.69. The van der Waals surface area contributed by atoms with Crippen LogP contribution in [-0.4, -0.2) is 41.3 Å². The minimum Gasteiger partial charge on any atom is -0.390 e. The summed E-state index contributed by atoms with van der Waals surface area (Å²) in [6.45, 7) is 8.05. The number of piperidine rings is 1. The highest BCUT2D eigenvalue weighted by molar-refractivity contribution is 4.97. The second-order valence-electron chi connectivity index (χ2n) is 8.44. The van der Waals surface area contributed by atoms with E-state index in [0.717, 1.165) is 44.3 Å². The van der Waals surface area contributed by atoms with E-state index in [1.807, 2.05) is 0 Å². The number of likely N-dealkylation sites (tertiary alicyclic amines) is 1. The lowest BCUT2D eigenvalue weighted by molar-refractivity contribution is -0.0993. The molecule has 1 heterocycles. The minimum absolute atomic E-state index is 0.344. The molecule has 2 saturated carbocycles. The molecule has 0 aromatic carbocycles. The molecule has 3 heteroatoms. The zero-order valence-electron chi connectivity index (χ0n) is 13.9. The van der Waals surface area contributed by atoms with Crippen molar-refractivity contribution in [3.05, 3.63) is 0 Å². The molecule has 3 fully saturated rings. The highest BCUT2D eigenvalue weighted by atomic mass is 16.3. The Kier molecular flexibility index (Phi) is 4.63. The topological polar surface area (TPSA) is 49.5 Å². The molecule has 1 saturated heterocycles. The van der Waals surface area contributed by atoms with Gasteiger partial charge in [-0.3, -0.25) is 0 Å².